The maximum Gasteiger partial charge on any atom is 0.253 e. The van der Waals surface area contributed by atoms with Crippen molar-refractivity contribution in [3.8, 4) is 0 Å². The zero-order valence-electron chi connectivity index (χ0n) is 10.5. The highest BCUT2D eigenvalue weighted by molar-refractivity contribution is 5.94. The lowest BCUT2D eigenvalue weighted by Crippen LogP contribution is -2.42. The van der Waals surface area contributed by atoms with E-state index in [1.165, 1.54) is 6.42 Å². The molecule has 1 fully saturated rings. The highest BCUT2D eigenvalue weighted by Crippen LogP contribution is 2.22. The number of amides is 1. The molecule has 3 heteroatoms. The van der Waals surface area contributed by atoms with Crippen LogP contribution >= 0.6 is 0 Å². The van der Waals surface area contributed by atoms with E-state index >= 15 is 0 Å². The first-order valence-corrected chi connectivity index (χ1v) is 6.21. The number of likely N-dealkylation sites (tertiary alicyclic amines) is 1. The van der Waals surface area contributed by atoms with Crippen LogP contribution in [0.3, 0.4) is 0 Å². The van der Waals surface area contributed by atoms with Crippen LogP contribution in [0.25, 0.3) is 0 Å². The minimum atomic E-state index is 0.128. The van der Waals surface area contributed by atoms with Gasteiger partial charge in [-0.3, -0.25) is 4.79 Å². The lowest BCUT2D eigenvalue weighted by Gasteiger charge is -2.35. The van der Waals surface area contributed by atoms with E-state index in [0.717, 1.165) is 18.7 Å². The highest BCUT2D eigenvalue weighted by atomic mass is 16.2. The zero-order chi connectivity index (χ0) is 12.4. The van der Waals surface area contributed by atoms with Crippen LogP contribution in [0.1, 0.15) is 30.6 Å². The van der Waals surface area contributed by atoms with Crippen LogP contribution in [0.5, 0.6) is 0 Å². The predicted octanol–water partition coefficient (Wildman–Crippen LogP) is 2.39. The number of anilines is 1. The van der Waals surface area contributed by atoms with Crippen molar-refractivity contribution >= 4 is 11.6 Å². The standard InChI is InChI=1S/C14H20N2O/c1-10-7-11(2)9-16(8-10)14(17)12-3-5-13(15)6-4-12/h3-6,10-11H,7-9,15H2,1-2H3/t10-,11-/m0/s1. The fraction of sp³-hybridized carbons (Fsp3) is 0.500. The summed E-state index contributed by atoms with van der Waals surface area (Å²) in [6.45, 7) is 6.15. The van der Waals surface area contributed by atoms with Gasteiger partial charge >= 0.3 is 0 Å². The van der Waals surface area contributed by atoms with Crippen LogP contribution in [0, 0.1) is 11.8 Å². The second-order valence-corrected chi connectivity index (χ2v) is 5.28. The Hall–Kier alpha value is -1.51. The number of nitrogen functional groups attached to an aromatic ring is 1. The van der Waals surface area contributed by atoms with Gasteiger partial charge in [0.25, 0.3) is 5.91 Å². The highest BCUT2D eigenvalue weighted by Gasteiger charge is 2.25. The summed E-state index contributed by atoms with van der Waals surface area (Å²) in [5.74, 6) is 1.32. The molecule has 0 bridgehead atoms. The van der Waals surface area contributed by atoms with Crippen LogP contribution in [0.15, 0.2) is 24.3 Å². The molecular formula is C14H20N2O. The van der Waals surface area contributed by atoms with E-state index in [-0.39, 0.29) is 5.91 Å². The molecule has 0 aliphatic carbocycles. The quantitative estimate of drug-likeness (QED) is 0.756. The van der Waals surface area contributed by atoms with Crippen LogP contribution in [-0.2, 0) is 0 Å². The molecule has 1 amide bonds. The van der Waals surface area contributed by atoms with Crippen molar-refractivity contribution in [2.75, 3.05) is 18.8 Å². The molecule has 92 valence electrons. The van der Waals surface area contributed by atoms with Gasteiger partial charge in [-0.15, -0.1) is 0 Å². The first-order valence-electron chi connectivity index (χ1n) is 6.21. The summed E-state index contributed by atoms with van der Waals surface area (Å²) in [5, 5.41) is 0. The van der Waals surface area contributed by atoms with Crippen molar-refractivity contribution in [1.29, 1.82) is 0 Å². The molecule has 0 spiro atoms. The second kappa shape index (κ2) is 4.78. The first kappa shape index (κ1) is 12.0. The van der Waals surface area contributed by atoms with Gasteiger partial charge in [0.15, 0.2) is 0 Å². The first-order chi connectivity index (χ1) is 8.06. The Kier molecular flexibility index (Phi) is 3.36. The van der Waals surface area contributed by atoms with E-state index < -0.39 is 0 Å². The number of benzene rings is 1. The van der Waals surface area contributed by atoms with Crippen LogP contribution in [0.4, 0.5) is 5.69 Å². The van der Waals surface area contributed by atoms with Gasteiger partial charge in [-0.2, -0.15) is 0 Å². The second-order valence-electron chi connectivity index (χ2n) is 5.28. The summed E-state index contributed by atoms with van der Waals surface area (Å²) in [5.41, 5.74) is 7.06. The van der Waals surface area contributed by atoms with Gasteiger partial charge in [-0.25, -0.2) is 0 Å². The van der Waals surface area contributed by atoms with Gasteiger partial charge in [0.05, 0.1) is 0 Å². The number of carbonyl (C=O) groups excluding carboxylic acids is 1. The third-order valence-electron chi connectivity index (χ3n) is 3.31. The van der Waals surface area contributed by atoms with Crippen LogP contribution in [-0.4, -0.2) is 23.9 Å². The van der Waals surface area contributed by atoms with Gasteiger partial charge < -0.3 is 10.6 Å². The van der Waals surface area contributed by atoms with Crippen LogP contribution < -0.4 is 5.73 Å². The average Bonchev–Trinajstić information content (AvgIpc) is 2.28. The number of hydrogen-bond donors (Lipinski definition) is 1. The Morgan fingerprint density at radius 2 is 1.71 bits per heavy atom. The van der Waals surface area contributed by atoms with E-state index in [2.05, 4.69) is 13.8 Å². The molecule has 0 aromatic heterocycles. The van der Waals surface area contributed by atoms with Gasteiger partial charge in [0.2, 0.25) is 0 Å². The maximum atomic E-state index is 12.3. The monoisotopic (exact) mass is 232 g/mol. The number of piperidine rings is 1. The normalized spacial score (nSPS) is 24.7. The Labute approximate surface area is 103 Å². The summed E-state index contributed by atoms with van der Waals surface area (Å²) < 4.78 is 0. The van der Waals surface area contributed by atoms with Gasteiger partial charge in [0, 0.05) is 24.3 Å². The molecule has 2 rings (SSSR count). The molecular weight excluding hydrogens is 212 g/mol. The van der Waals surface area contributed by atoms with Crippen molar-refractivity contribution < 1.29 is 4.79 Å². The number of carbonyl (C=O) groups is 1. The molecule has 0 unspecified atom stereocenters. The van der Waals surface area contributed by atoms with Gasteiger partial charge in [-0.05, 0) is 42.5 Å². The van der Waals surface area contributed by atoms with Crippen molar-refractivity contribution in [3.63, 3.8) is 0 Å². The largest absolute Gasteiger partial charge is 0.399 e. The van der Waals surface area contributed by atoms with E-state index in [1.807, 2.05) is 17.0 Å². The SMILES string of the molecule is C[C@H]1C[C@H](C)CN(C(=O)c2ccc(N)cc2)C1. The third kappa shape index (κ3) is 2.78. The number of rotatable bonds is 1. The summed E-state index contributed by atoms with van der Waals surface area (Å²) in [6.07, 6.45) is 1.21. The molecule has 1 saturated heterocycles. The Balaban J connectivity index is 2.11. The fourth-order valence-electron chi connectivity index (χ4n) is 2.64. The lowest BCUT2D eigenvalue weighted by atomic mass is 9.91. The molecule has 1 aliphatic rings. The maximum absolute atomic E-state index is 12.3. The molecule has 1 aromatic carbocycles. The summed E-state index contributed by atoms with van der Waals surface area (Å²) in [4.78, 5) is 14.2. The smallest absolute Gasteiger partial charge is 0.253 e. The van der Waals surface area contributed by atoms with Crippen LogP contribution in [0.2, 0.25) is 0 Å². The van der Waals surface area contributed by atoms with Crippen molar-refractivity contribution in [2.45, 2.75) is 20.3 Å². The molecule has 2 N–H and O–H groups in total. The van der Waals surface area contributed by atoms with Crippen molar-refractivity contribution in [3.05, 3.63) is 29.8 Å². The molecule has 0 radical (unpaired) electrons. The van der Waals surface area contributed by atoms with Gasteiger partial charge in [0.1, 0.15) is 0 Å². The van der Waals surface area contributed by atoms with E-state index in [0.29, 0.717) is 17.5 Å². The van der Waals surface area contributed by atoms with Crippen molar-refractivity contribution in [1.82, 2.24) is 4.90 Å². The zero-order valence-corrected chi connectivity index (χ0v) is 10.5. The molecule has 1 aliphatic heterocycles. The third-order valence-corrected chi connectivity index (χ3v) is 3.31. The van der Waals surface area contributed by atoms with Gasteiger partial charge in [-0.1, -0.05) is 13.8 Å². The topological polar surface area (TPSA) is 46.3 Å². The fourth-order valence-corrected chi connectivity index (χ4v) is 2.64. The Bertz CT molecular complexity index is 389. The minimum absolute atomic E-state index is 0.128. The molecule has 3 nitrogen and oxygen atoms in total. The van der Waals surface area contributed by atoms with E-state index in [4.69, 9.17) is 5.73 Å². The molecule has 2 atom stereocenters. The number of nitrogens with zero attached hydrogens (tertiary/aromatic N) is 1. The van der Waals surface area contributed by atoms with Crippen molar-refractivity contribution in [2.24, 2.45) is 11.8 Å². The van der Waals surface area contributed by atoms with E-state index in [1.54, 1.807) is 12.1 Å². The Morgan fingerprint density at radius 1 is 1.18 bits per heavy atom. The van der Waals surface area contributed by atoms with E-state index in [9.17, 15) is 4.79 Å². The minimum Gasteiger partial charge on any atom is -0.399 e. The Morgan fingerprint density at radius 3 is 2.24 bits per heavy atom. The number of hydrogen-bond acceptors (Lipinski definition) is 2. The summed E-state index contributed by atoms with van der Waals surface area (Å²) >= 11 is 0. The average molecular weight is 232 g/mol. The molecule has 1 heterocycles. The number of nitrogens with two attached hydrogens (primary N) is 1. The summed E-state index contributed by atoms with van der Waals surface area (Å²) in [6, 6.07) is 7.18. The predicted molar refractivity (Wildman–Crippen MR) is 69.7 cm³/mol. The lowest BCUT2D eigenvalue weighted by molar-refractivity contribution is 0.0623. The molecule has 17 heavy (non-hydrogen) atoms. The summed E-state index contributed by atoms with van der Waals surface area (Å²) in [7, 11) is 0. The molecule has 0 saturated carbocycles. The molecule has 1 aromatic rings.